The number of nitrogens with zero attached hydrogens (tertiary/aromatic N) is 2. The standard InChI is InChI=1S/C25H25ClFN3O/c1-14(30-25(31)15-2-5-24(26)29-13-15)16-8-17-10-19(11-18(17)9-16)21-6-7-28-23-4-3-20(27)12-22(21)23/h2-7,12-14,16-19H,8-11H2,1H3,(H,30,31)/t14?,16?,17-,18+,19?. The molecule has 2 saturated carbocycles. The molecule has 1 amide bonds. The number of fused-ring (bicyclic) bond motifs is 2. The van der Waals surface area contributed by atoms with Crippen LogP contribution in [0.2, 0.25) is 5.15 Å². The molecule has 3 aromatic rings. The summed E-state index contributed by atoms with van der Waals surface area (Å²) in [5, 5.41) is 4.48. The van der Waals surface area contributed by atoms with Crippen molar-refractivity contribution in [2.24, 2.45) is 17.8 Å². The number of hydrogen-bond acceptors (Lipinski definition) is 3. The fourth-order valence-electron chi connectivity index (χ4n) is 5.74. The number of hydrogen-bond donors (Lipinski definition) is 1. The molecular formula is C25H25ClFN3O. The highest BCUT2D eigenvalue weighted by atomic mass is 35.5. The Morgan fingerprint density at radius 2 is 1.87 bits per heavy atom. The van der Waals surface area contributed by atoms with E-state index in [-0.39, 0.29) is 17.8 Å². The van der Waals surface area contributed by atoms with E-state index in [1.165, 1.54) is 17.8 Å². The van der Waals surface area contributed by atoms with E-state index < -0.39 is 0 Å². The molecule has 0 saturated heterocycles. The molecule has 5 rings (SSSR count). The summed E-state index contributed by atoms with van der Waals surface area (Å²) in [4.78, 5) is 20.9. The van der Waals surface area contributed by atoms with E-state index >= 15 is 0 Å². The fraction of sp³-hybridized carbons (Fsp3) is 0.400. The van der Waals surface area contributed by atoms with Crippen LogP contribution in [0.1, 0.15) is 54.4 Å². The van der Waals surface area contributed by atoms with Crippen LogP contribution in [0.4, 0.5) is 4.39 Å². The van der Waals surface area contributed by atoms with Gasteiger partial charge in [-0.1, -0.05) is 11.6 Å². The molecule has 0 spiro atoms. The number of pyridine rings is 2. The largest absolute Gasteiger partial charge is 0.349 e. The molecule has 0 radical (unpaired) electrons. The minimum Gasteiger partial charge on any atom is -0.349 e. The van der Waals surface area contributed by atoms with Gasteiger partial charge in [-0.05, 0) is 98.2 Å². The molecule has 2 fully saturated rings. The lowest BCUT2D eigenvalue weighted by Gasteiger charge is -2.23. The average Bonchev–Trinajstić information content (AvgIpc) is 3.33. The van der Waals surface area contributed by atoms with E-state index in [2.05, 4.69) is 28.3 Å². The molecular weight excluding hydrogens is 413 g/mol. The van der Waals surface area contributed by atoms with Crippen LogP contribution in [0.15, 0.2) is 48.8 Å². The molecule has 4 nitrogen and oxygen atoms in total. The molecule has 5 atom stereocenters. The predicted molar refractivity (Wildman–Crippen MR) is 120 cm³/mol. The maximum Gasteiger partial charge on any atom is 0.253 e. The van der Waals surface area contributed by atoms with Crippen molar-refractivity contribution in [3.8, 4) is 0 Å². The Balaban J connectivity index is 1.23. The number of halogens is 2. The van der Waals surface area contributed by atoms with Crippen molar-refractivity contribution in [1.29, 1.82) is 0 Å². The molecule has 0 bridgehead atoms. The molecule has 1 N–H and O–H groups in total. The molecule has 0 aliphatic heterocycles. The van der Waals surface area contributed by atoms with E-state index in [9.17, 15) is 9.18 Å². The zero-order valence-electron chi connectivity index (χ0n) is 17.4. The summed E-state index contributed by atoms with van der Waals surface area (Å²) >= 11 is 5.81. The van der Waals surface area contributed by atoms with Crippen molar-refractivity contribution in [3.63, 3.8) is 0 Å². The van der Waals surface area contributed by atoms with Crippen LogP contribution in [-0.2, 0) is 0 Å². The Labute approximate surface area is 186 Å². The summed E-state index contributed by atoms with van der Waals surface area (Å²) in [6.45, 7) is 2.10. The van der Waals surface area contributed by atoms with Gasteiger partial charge in [-0.15, -0.1) is 0 Å². The Kier molecular flexibility index (Phi) is 5.39. The van der Waals surface area contributed by atoms with E-state index in [1.54, 1.807) is 24.3 Å². The van der Waals surface area contributed by atoms with Gasteiger partial charge in [-0.3, -0.25) is 9.78 Å². The highest BCUT2D eigenvalue weighted by Crippen LogP contribution is 2.53. The lowest BCUT2D eigenvalue weighted by Crippen LogP contribution is -2.37. The summed E-state index contributed by atoms with van der Waals surface area (Å²) in [7, 11) is 0. The lowest BCUT2D eigenvalue weighted by atomic mass is 9.88. The monoisotopic (exact) mass is 437 g/mol. The molecule has 2 aromatic heterocycles. The van der Waals surface area contributed by atoms with Crippen LogP contribution in [-0.4, -0.2) is 21.9 Å². The molecule has 160 valence electrons. The van der Waals surface area contributed by atoms with Crippen molar-refractivity contribution in [2.45, 2.75) is 44.6 Å². The number of nitrogens with one attached hydrogen (secondary N) is 1. The van der Waals surface area contributed by atoms with Gasteiger partial charge in [-0.25, -0.2) is 9.37 Å². The molecule has 2 aliphatic carbocycles. The number of amides is 1. The van der Waals surface area contributed by atoms with Gasteiger partial charge in [-0.2, -0.15) is 0 Å². The van der Waals surface area contributed by atoms with Crippen LogP contribution in [0.25, 0.3) is 10.9 Å². The summed E-state index contributed by atoms with van der Waals surface area (Å²) in [6.07, 6.45) is 7.85. The molecule has 3 unspecified atom stereocenters. The second-order valence-corrected chi connectivity index (χ2v) is 9.50. The third-order valence-corrected chi connectivity index (χ3v) is 7.51. The summed E-state index contributed by atoms with van der Waals surface area (Å²) < 4.78 is 13.8. The first-order chi connectivity index (χ1) is 15.0. The van der Waals surface area contributed by atoms with Gasteiger partial charge in [0.15, 0.2) is 0 Å². The fourth-order valence-corrected chi connectivity index (χ4v) is 5.85. The highest BCUT2D eigenvalue weighted by molar-refractivity contribution is 6.29. The van der Waals surface area contributed by atoms with Crippen molar-refractivity contribution in [1.82, 2.24) is 15.3 Å². The van der Waals surface area contributed by atoms with Gasteiger partial charge in [0.25, 0.3) is 5.91 Å². The maximum absolute atomic E-state index is 13.8. The minimum absolute atomic E-state index is 0.100. The van der Waals surface area contributed by atoms with Crippen molar-refractivity contribution in [2.75, 3.05) is 0 Å². The number of carbonyl (C=O) groups excluding carboxylic acids is 1. The maximum atomic E-state index is 13.8. The summed E-state index contributed by atoms with van der Waals surface area (Å²) in [6, 6.07) is 10.4. The molecule has 6 heteroatoms. The number of aromatic nitrogens is 2. The van der Waals surface area contributed by atoms with E-state index in [0.29, 0.717) is 34.4 Å². The van der Waals surface area contributed by atoms with E-state index in [0.717, 1.165) is 36.6 Å². The summed E-state index contributed by atoms with van der Waals surface area (Å²) in [5.41, 5.74) is 2.63. The highest BCUT2D eigenvalue weighted by Gasteiger charge is 2.43. The Morgan fingerprint density at radius 1 is 1.10 bits per heavy atom. The average molecular weight is 438 g/mol. The van der Waals surface area contributed by atoms with E-state index in [1.807, 2.05) is 6.20 Å². The molecule has 31 heavy (non-hydrogen) atoms. The molecule has 2 aliphatic rings. The molecule has 1 aromatic carbocycles. The van der Waals surface area contributed by atoms with Gasteiger partial charge in [0.05, 0.1) is 11.1 Å². The van der Waals surface area contributed by atoms with E-state index in [4.69, 9.17) is 11.6 Å². The van der Waals surface area contributed by atoms with Crippen LogP contribution in [0.3, 0.4) is 0 Å². The predicted octanol–water partition coefficient (Wildman–Crippen LogP) is 5.76. The van der Waals surface area contributed by atoms with Gasteiger partial charge in [0, 0.05) is 23.8 Å². The first kappa shape index (κ1) is 20.4. The first-order valence-corrected chi connectivity index (χ1v) is 11.3. The Bertz CT molecular complexity index is 1110. The van der Waals surface area contributed by atoms with Crippen molar-refractivity contribution >= 4 is 28.4 Å². The van der Waals surface area contributed by atoms with Gasteiger partial charge in [0.1, 0.15) is 11.0 Å². The lowest BCUT2D eigenvalue weighted by molar-refractivity contribution is 0.0925. The molecule has 2 heterocycles. The normalized spacial score (nSPS) is 26.0. The number of carbonyl (C=O) groups is 1. The van der Waals surface area contributed by atoms with Crippen LogP contribution >= 0.6 is 11.6 Å². The van der Waals surface area contributed by atoms with Crippen LogP contribution in [0.5, 0.6) is 0 Å². The second kappa shape index (κ2) is 8.19. The van der Waals surface area contributed by atoms with Crippen LogP contribution < -0.4 is 5.32 Å². The summed E-state index contributed by atoms with van der Waals surface area (Å²) in [5.74, 6) is 1.93. The quantitative estimate of drug-likeness (QED) is 0.528. The minimum atomic E-state index is -0.208. The van der Waals surface area contributed by atoms with Crippen LogP contribution in [0, 0.1) is 23.6 Å². The number of benzene rings is 1. The third kappa shape index (κ3) is 4.03. The van der Waals surface area contributed by atoms with Crippen molar-refractivity contribution in [3.05, 3.63) is 70.9 Å². The third-order valence-electron chi connectivity index (χ3n) is 7.28. The van der Waals surface area contributed by atoms with Gasteiger partial charge >= 0.3 is 0 Å². The van der Waals surface area contributed by atoms with Crippen molar-refractivity contribution < 1.29 is 9.18 Å². The van der Waals surface area contributed by atoms with Gasteiger partial charge in [0.2, 0.25) is 0 Å². The topological polar surface area (TPSA) is 54.9 Å². The SMILES string of the molecule is CC(NC(=O)c1ccc(Cl)nc1)C1C[C@H]2CC(c3ccnc4ccc(F)cc34)C[C@H]2C1. The smallest absolute Gasteiger partial charge is 0.253 e. The number of rotatable bonds is 4. The Hall–Kier alpha value is -2.53. The Morgan fingerprint density at radius 3 is 2.58 bits per heavy atom. The van der Waals surface area contributed by atoms with Gasteiger partial charge < -0.3 is 5.32 Å². The zero-order chi connectivity index (χ0) is 21.5. The zero-order valence-corrected chi connectivity index (χ0v) is 18.1. The second-order valence-electron chi connectivity index (χ2n) is 9.11. The first-order valence-electron chi connectivity index (χ1n) is 10.9.